The Morgan fingerprint density at radius 1 is 1.21 bits per heavy atom. The summed E-state index contributed by atoms with van der Waals surface area (Å²) in [6, 6.07) is 8.18. The van der Waals surface area contributed by atoms with Crippen LogP contribution in [0.3, 0.4) is 0 Å². The predicted molar refractivity (Wildman–Crippen MR) is 147 cm³/mol. The second-order valence-electron chi connectivity index (χ2n) is 10.5. The monoisotopic (exact) mass is 552 g/mol. The Labute approximate surface area is 229 Å². The van der Waals surface area contributed by atoms with E-state index in [0.717, 1.165) is 51.3 Å². The predicted octanol–water partition coefficient (Wildman–Crippen LogP) is 4.31. The van der Waals surface area contributed by atoms with E-state index in [1.165, 1.54) is 17.6 Å². The Balaban J connectivity index is 1.41. The van der Waals surface area contributed by atoms with Crippen molar-refractivity contribution in [2.24, 2.45) is 0 Å². The minimum Gasteiger partial charge on any atom is -0.468 e. The van der Waals surface area contributed by atoms with E-state index in [2.05, 4.69) is 21.3 Å². The number of esters is 1. The molecule has 2 fully saturated rings. The average Bonchev–Trinajstić information content (AvgIpc) is 3.60. The smallest absolute Gasteiger partial charge is 0.325 e. The molecule has 38 heavy (non-hydrogen) atoms. The maximum absolute atomic E-state index is 12.5. The minimum absolute atomic E-state index is 0.121. The molecular weight excluding hydrogens is 524 g/mol. The van der Waals surface area contributed by atoms with E-state index < -0.39 is 5.54 Å². The normalized spacial score (nSPS) is 23.4. The van der Waals surface area contributed by atoms with Gasteiger partial charge in [-0.05, 0) is 56.0 Å². The molecule has 5 heterocycles. The molecule has 2 amide bonds. The first-order valence-electron chi connectivity index (χ1n) is 12.9. The molecule has 198 valence electrons. The number of halogens is 1. The molecule has 1 aromatic carbocycles. The summed E-state index contributed by atoms with van der Waals surface area (Å²) in [6.07, 6.45) is 4.94. The Morgan fingerprint density at radius 2 is 2.00 bits per heavy atom. The van der Waals surface area contributed by atoms with Crippen molar-refractivity contribution in [3.05, 3.63) is 45.9 Å². The Bertz CT molecular complexity index is 1460. The molecule has 3 aliphatic rings. The zero-order valence-corrected chi connectivity index (χ0v) is 23.0. The number of anilines is 1. The number of carbonyl (C=O) groups is 3. The molecule has 2 saturated heterocycles. The van der Waals surface area contributed by atoms with Gasteiger partial charge in [0, 0.05) is 64.9 Å². The van der Waals surface area contributed by atoms with Crippen LogP contribution in [0.25, 0.3) is 21.3 Å². The van der Waals surface area contributed by atoms with Crippen LogP contribution in [0.15, 0.2) is 30.5 Å². The zero-order chi connectivity index (χ0) is 26.6. The van der Waals surface area contributed by atoms with Crippen LogP contribution in [0.2, 0.25) is 5.02 Å². The molecular formula is C28H29ClN4O4S. The highest BCUT2D eigenvalue weighted by Crippen LogP contribution is 2.45. The third kappa shape index (κ3) is 4.26. The van der Waals surface area contributed by atoms with Gasteiger partial charge < -0.3 is 9.64 Å². The van der Waals surface area contributed by atoms with E-state index in [-0.39, 0.29) is 43.2 Å². The number of nitrogens with one attached hydrogen (secondary N) is 1. The summed E-state index contributed by atoms with van der Waals surface area (Å²) in [5.74, 6) is -0.487. The second kappa shape index (κ2) is 9.63. The van der Waals surface area contributed by atoms with Crippen LogP contribution in [0.1, 0.15) is 43.0 Å². The lowest BCUT2D eigenvalue weighted by molar-refractivity contribution is -0.147. The molecule has 8 nitrogen and oxygen atoms in total. The molecule has 6 rings (SSSR count). The Hall–Kier alpha value is -3.01. The van der Waals surface area contributed by atoms with Gasteiger partial charge in [-0.2, -0.15) is 0 Å². The molecule has 0 bridgehead atoms. The highest BCUT2D eigenvalue weighted by atomic mass is 35.5. The van der Waals surface area contributed by atoms with Crippen LogP contribution < -0.4 is 10.2 Å². The number of nitrogens with zero attached hydrogens (tertiary/aromatic N) is 3. The van der Waals surface area contributed by atoms with Gasteiger partial charge in [0.25, 0.3) is 0 Å². The number of amides is 2. The van der Waals surface area contributed by atoms with E-state index in [1.54, 1.807) is 17.5 Å². The van der Waals surface area contributed by atoms with Crippen molar-refractivity contribution in [1.29, 1.82) is 0 Å². The van der Waals surface area contributed by atoms with Crippen LogP contribution in [0.4, 0.5) is 5.69 Å². The average molecular weight is 553 g/mol. The third-order valence-corrected chi connectivity index (χ3v) is 9.32. The number of ether oxygens (including phenoxy) is 1. The van der Waals surface area contributed by atoms with E-state index in [9.17, 15) is 14.4 Å². The number of methoxy groups -OCH3 is 1. The fourth-order valence-electron chi connectivity index (χ4n) is 6.10. The van der Waals surface area contributed by atoms with Crippen LogP contribution in [-0.4, -0.2) is 59.4 Å². The lowest BCUT2D eigenvalue weighted by Gasteiger charge is -2.38. The van der Waals surface area contributed by atoms with Crippen molar-refractivity contribution in [2.45, 2.75) is 57.2 Å². The Kier molecular flexibility index (Phi) is 6.40. The maximum Gasteiger partial charge on any atom is 0.325 e. The van der Waals surface area contributed by atoms with Gasteiger partial charge in [0.1, 0.15) is 5.54 Å². The number of aryl methyl sites for hydroxylation is 1. The fourth-order valence-corrected chi connectivity index (χ4v) is 7.47. The zero-order valence-electron chi connectivity index (χ0n) is 21.4. The molecule has 3 aliphatic heterocycles. The number of hydrogen-bond donors (Lipinski definition) is 1. The summed E-state index contributed by atoms with van der Waals surface area (Å²) in [6.45, 7) is 3.74. The highest BCUT2D eigenvalue weighted by molar-refractivity contribution is 7.19. The SMILES string of the molecule is COC(=O)[C@@]1(C)C[C@H](N2CCCc3cc(Cl)cc(-c4ccnc5cc(CN6C(=O)CCC6=O)sc45)c32)CN1. The molecule has 3 aromatic rings. The molecule has 0 aliphatic carbocycles. The number of hydrogen-bond acceptors (Lipinski definition) is 8. The maximum atomic E-state index is 12.5. The first kappa shape index (κ1) is 25.3. The summed E-state index contributed by atoms with van der Waals surface area (Å²) < 4.78 is 6.07. The van der Waals surface area contributed by atoms with Gasteiger partial charge in [-0.15, -0.1) is 11.3 Å². The molecule has 10 heteroatoms. The van der Waals surface area contributed by atoms with E-state index in [1.807, 2.05) is 25.1 Å². The second-order valence-corrected chi connectivity index (χ2v) is 12.1. The van der Waals surface area contributed by atoms with Crippen molar-refractivity contribution < 1.29 is 19.1 Å². The molecule has 0 unspecified atom stereocenters. The summed E-state index contributed by atoms with van der Waals surface area (Å²) in [5, 5.41) is 4.08. The molecule has 1 N–H and O–H groups in total. The summed E-state index contributed by atoms with van der Waals surface area (Å²) in [4.78, 5) is 46.2. The number of likely N-dealkylation sites (tertiary alicyclic amines) is 1. The number of fused-ring (bicyclic) bond motifs is 2. The topological polar surface area (TPSA) is 91.8 Å². The van der Waals surface area contributed by atoms with Crippen LogP contribution in [-0.2, 0) is 32.1 Å². The van der Waals surface area contributed by atoms with Gasteiger partial charge in [0.05, 0.1) is 23.9 Å². The van der Waals surface area contributed by atoms with Gasteiger partial charge in [0.2, 0.25) is 11.8 Å². The molecule has 2 atom stereocenters. The number of benzene rings is 1. The van der Waals surface area contributed by atoms with E-state index in [4.69, 9.17) is 16.3 Å². The van der Waals surface area contributed by atoms with Gasteiger partial charge in [-0.25, -0.2) is 0 Å². The van der Waals surface area contributed by atoms with Crippen molar-refractivity contribution >= 4 is 56.6 Å². The lowest BCUT2D eigenvalue weighted by Crippen LogP contribution is -2.45. The molecule has 2 aromatic heterocycles. The number of aromatic nitrogens is 1. The number of pyridine rings is 1. The molecule has 0 radical (unpaired) electrons. The number of thiophene rings is 1. The van der Waals surface area contributed by atoms with E-state index >= 15 is 0 Å². The van der Waals surface area contributed by atoms with Crippen LogP contribution in [0, 0.1) is 0 Å². The van der Waals surface area contributed by atoms with Crippen LogP contribution in [0.5, 0.6) is 0 Å². The van der Waals surface area contributed by atoms with Crippen molar-refractivity contribution in [2.75, 3.05) is 25.1 Å². The first-order chi connectivity index (χ1) is 18.3. The van der Waals surface area contributed by atoms with Gasteiger partial charge in [0.15, 0.2) is 0 Å². The first-order valence-corrected chi connectivity index (χ1v) is 14.1. The summed E-state index contributed by atoms with van der Waals surface area (Å²) in [5.41, 5.74) is 4.51. The number of imide groups is 1. The highest BCUT2D eigenvalue weighted by Gasteiger charge is 2.45. The van der Waals surface area contributed by atoms with Gasteiger partial charge >= 0.3 is 5.97 Å². The van der Waals surface area contributed by atoms with Crippen molar-refractivity contribution in [1.82, 2.24) is 15.2 Å². The quantitative estimate of drug-likeness (QED) is 0.372. The Morgan fingerprint density at radius 3 is 2.76 bits per heavy atom. The third-order valence-electron chi connectivity index (χ3n) is 7.96. The van der Waals surface area contributed by atoms with Gasteiger partial charge in [-0.1, -0.05) is 11.6 Å². The van der Waals surface area contributed by atoms with Crippen molar-refractivity contribution in [3.8, 4) is 11.1 Å². The van der Waals surface area contributed by atoms with Gasteiger partial charge in [-0.3, -0.25) is 29.6 Å². The van der Waals surface area contributed by atoms with Crippen molar-refractivity contribution in [3.63, 3.8) is 0 Å². The largest absolute Gasteiger partial charge is 0.468 e. The molecule has 0 saturated carbocycles. The number of carbonyl (C=O) groups excluding carboxylic acids is 3. The minimum atomic E-state index is -0.722. The summed E-state index contributed by atoms with van der Waals surface area (Å²) >= 11 is 8.22. The summed E-state index contributed by atoms with van der Waals surface area (Å²) in [7, 11) is 1.43. The fraction of sp³-hybridized carbons (Fsp3) is 0.429. The molecule has 0 spiro atoms. The van der Waals surface area contributed by atoms with Crippen LogP contribution >= 0.6 is 22.9 Å². The van der Waals surface area contributed by atoms with E-state index in [0.29, 0.717) is 18.0 Å². The number of rotatable bonds is 5. The lowest BCUT2D eigenvalue weighted by atomic mass is 9.91. The standard InChI is InChI=1S/C28H29ClN4O4S/c1-28(27(36)37-2)13-18(14-31-28)32-9-3-4-16-10-17(29)11-21(25(16)32)20-7-8-30-22-12-19(38-26(20)22)15-33-23(34)5-6-24(33)35/h7-8,10-12,18,31H,3-6,9,13-15H2,1-2H3/t18-,28+/m0/s1.